The Bertz CT molecular complexity index is 220. The minimum atomic E-state index is -0.00718. The fraction of sp³-hybridized carbons (Fsp3) is 1.00. The number of rotatable bonds is 4. The SMILES string of the molecule is CN(C)C1CCN(CCC2CCCC2O)C1. The van der Waals surface area contributed by atoms with Crippen LogP contribution in [0.1, 0.15) is 32.1 Å². The van der Waals surface area contributed by atoms with Gasteiger partial charge in [0, 0.05) is 12.6 Å². The van der Waals surface area contributed by atoms with E-state index in [2.05, 4.69) is 23.9 Å². The topological polar surface area (TPSA) is 26.7 Å². The van der Waals surface area contributed by atoms with Crippen LogP contribution in [0.4, 0.5) is 0 Å². The third-order valence-electron chi connectivity index (χ3n) is 4.41. The van der Waals surface area contributed by atoms with E-state index in [-0.39, 0.29) is 6.10 Å². The van der Waals surface area contributed by atoms with E-state index in [0.29, 0.717) is 5.92 Å². The van der Waals surface area contributed by atoms with Gasteiger partial charge in [-0.1, -0.05) is 6.42 Å². The zero-order valence-corrected chi connectivity index (χ0v) is 10.7. The van der Waals surface area contributed by atoms with Gasteiger partial charge in [-0.3, -0.25) is 0 Å². The molecule has 0 spiro atoms. The third kappa shape index (κ3) is 2.96. The van der Waals surface area contributed by atoms with E-state index in [4.69, 9.17) is 0 Å². The number of hydrogen-bond donors (Lipinski definition) is 1. The van der Waals surface area contributed by atoms with Crippen molar-refractivity contribution in [2.75, 3.05) is 33.7 Å². The zero-order chi connectivity index (χ0) is 11.5. The first kappa shape index (κ1) is 12.3. The largest absolute Gasteiger partial charge is 0.393 e. The molecule has 1 saturated heterocycles. The number of aliphatic hydroxyl groups is 1. The van der Waals surface area contributed by atoms with Crippen LogP contribution in [0.25, 0.3) is 0 Å². The summed E-state index contributed by atoms with van der Waals surface area (Å²) in [7, 11) is 4.35. The molecular formula is C13H26N2O. The zero-order valence-electron chi connectivity index (χ0n) is 10.7. The fourth-order valence-electron chi connectivity index (χ4n) is 3.14. The molecular weight excluding hydrogens is 200 g/mol. The van der Waals surface area contributed by atoms with Crippen LogP contribution in [0.5, 0.6) is 0 Å². The number of likely N-dealkylation sites (tertiary alicyclic amines) is 1. The first-order valence-corrected chi connectivity index (χ1v) is 6.73. The molecule has 0 radical (unpaired) electrons. The maximum absolute atomic E-state index is 9.78. The molecule has 1 N–H and O–H groups in total. The molecule has 3 nitrogen and oxygen atoms in total. The Labute approximate surface area is 99.4 Å². The van der Waals surface area contributed by atoms with Crippen LogP contribution in [0.2, 0.25) is 0 Å². The van der Waals surface area contributed by atoms with Gasteiger partial charge in [-0.25, -0.2) is 0 Å². The van der Waals surface area contributed by atoms with Gasteiger partial charge >= 0.3 is 0 Å². The van der Waals surface area contributed by atoms with Crippen molar-refractivity contribution < 1.29 is 5.11 Å². The van der Waals surface area contributed by atoms with Crippen LogP contribution >= 0.6 is 0 Å². The van der Waals surface area contributed by atoms with E-state index in [0.717, 1.165) is 12.5 Å². The van der Waals surface area contributed by atoms with Gasteiger partial charge < -0.3 is 14.9 Å². The van der Waals surface area contributed by atoms with Crippen molar-refractivity contribution in [3.63, 3.8) is 0 Å². The predicted molar refractivity (Wildman–Crippen MR) is 66.5 cm³/mol. The second-order valence-corrected chi connectivity index (χ2v) is 5.75. The first-order chi connectivity index (χ1) is 7.66. The van der Waals surface area contributed by atoms with E-state index >= 15 is 0 Å². The quantitative estimate of drug-likeness (QED) is 0.779. The van der Waals surface area contributed by atoms with Crippen LogP contribution in [0.15, 0.2) is 0 Å². The minimum absolute atomic E-state index is 0.00718. The summed E-state index contributed by atoms with van der Waals surface area (Å²) in [6, 6.07) is 0.744. The molecule has 2 rings (SSSR count). The van der Waals surface area contributed by atoms with Gasteiger partial charge in [-0.2, -0.15) is 0 Å². The fourth-order valence-corrected chi connectivity index (χ4v) is 3.14. The van der Waals surface area contributed by atoms with Gasteiger partial charge in [-0.05, 0) is 58.8 Å². The molecule has 0 bridgehead atoms. The highest BCUT2D eigenvalue weighted by Gasteiger charge is 2.28. The molecule has 1 aliphatic heterocycles. The maximum Gasteiger partial charge on any atom is 0.0568 e. The van der Waals surface area contributed by atoms with E-state index in [1.165, 1.54) is 45.3 Å². The highest BCUT2D eigenvalue weighted by molar-refractivity contribution is 4.83. The summed E-state index contributed by atoms with van der Waals surface area (Å²) in [4.78, 5) is 4.90. The highest BCUT2D eigenvalue weighted by Crippen LogP contribution is 2.28. The number of hydrogen-bond acceptors (Lipinski definition) is 3. The molecule has 1 aliphatic carbocycles. The number of likely N-dealkylation sites (N-methyl/N-ethyl adjacent to an activating group) is 1. The molecule has 2 aliphatic rings. The molecule has 3 heteroatoms. The minimum Gasteiger partial charge on any atom is -0.393 e. The average Bonchev–Trinajstić information content (AvgIpc) is 2.83. The van der Waals surface area contributed by atoms with Crippen LogP contribution in [0, 0.1) is 5.92 Å². The lowest BCUT2D eigenvalue weighted by Gasteiger charge is -2.22. The summed E-state index contributed by atoms with van der Waals surface area (Å²) in [5.41, 5.74) is 0. The van der Waals surface area contributed by atoms with Crippen molar-refractivity contribution in [2.24, 2.45) is 5.92 Å². The van der Waals surface area contributed by atoms with Crippen LogP contribution in [-0.2, 0) is 0 Å². The summed E-state index contributed by atoms with van der Waals surface area (Å²) in [5, 5.41) is 9.78. The van der Waals surface area contributed by atoms with Crippen molar-refractivity contribution in [2.45, 2.75) is 44.2 Å². The van der Waals surface area contributed by atoms with Crippen molar-refractivity contribution >= 4 is 0 Å². The lowest BCUT2D eigenvalue weighted by molar-refractivity contribution is 0.120. The first-order valence-electron chi connectivity index (χ1n) is 6.73. The Balaban J connectivity index is 1.67. The Morgan fingerprint density at radius 2 is 2.06 bits per heavy atom. The second kappa shape index (κ2) is 5.48. The van der Waals surface area contributed by atoms with Gasteiger partial charge in [-0.15, -0.1) is 0 Å². The molecule has 0 aromatic heterocycles. The van der Waals surface area contributed by atoms with E-state index in [9.17, 15) is 5.11 Å². The summed E-state index contributed by atoms with van der Waals surface area (Å²) < 4.78 is 0. The highest BCUT2D eigenvalue weighted by atomic mass is 16.3. The normalized spacial score (nSPS) is 36.4. The van der Waals surface area contributed by atoms with E-state index in [1.807, 2.05) is 0 Å². The molecule has 94 valence electrons. The smallest absolute Gasteiger partial charge is 0.0568 e. The molecule has 0 amide bonds. The molecule has 16 heavy (non-hydrogen) atoms. The molecule has 1 heterocycles. The molecule has 2 fully saturated rings. The van der Waals surface area contributed by atoms with Crippen molar-refractivity contribution in [1.82, 2.24) is 9.80 Å². The van der Waals surface area contributed by atoms with Crippen molar-refractivity contribution in [3.05, 3.63) is 0 Å². The number of aliphatic hydroxyl groups excluding tert-OH is 1. The lowest BCUT2D eigenvalue weighted by atomic mass is 10.0. The van der Waals surface area contributed by atoms with Crippen LogP contribution in [-0.4, -0.2) is 60.8 Å². The van der Waals surface area contributed by atoms with E-state index < -0.39 is 0 Å². The van der Waals surface area contributed by atoms with Crippen molar-refractivity contribution in [3.8, 4) is 0 Å². The average molecular weight is 226 g/mol. The Morgan fingerprint density at radius 3 is 2.62 bits per heavy atom. The monoisotopic (exact) mass is 226 g/mol. The predicted octanol–water partition coefficient (Wildman–Crippen LogP) is 1.17. The summed E-state index contributed by atoms with van der Waals surface area (Å²) in [6.45, 7) is 3.65. The van der Waals surface area contributed by atoms with E-state index in [1.54, 1.807) is 0 Å². The maximum atomic E-state index is 9.78. The standard InChI is InChI=1S/C13H26N2O/c1-14(2)12-7-9-15(10-12)8-6-11-4-3-5-13(11)16/h11-13,16H,3-10H2,1-2H3. The van der Waals surface area contributed by atoms with Crippen LogP contribution < -0.4 is 0 Å². The number of nitrogens with zero attached hydrogens (tertiary/aromatic N) is 2. The van der Waals surface area contributed by atoms with Crippen molar-refractivity contribution in [1.29, 1.82) is 0 Å². The molecule has 3 unspecified atom stereocenters. The van der Waals surface area contributed by atoms with Gasteiger partial charge in [0.2, 0.25) is 0 Å². The lowest BCUT2D eigenvalue weighted by Crippen LogP contribution is -2.32. The van der Waals surface area contributed by atoms with Gasteiger partial charge in [0.1, 0.15) is 0 Å². The van der Waals surface area contributed by atoms with Gasteiger partial charge in [0.25, 0.3) is 0 Å². The van der Waals surface area contributed by atoms with Gasteiger partial charge in [0.15, 0.2) is 0 Å². The molecule has 1 saturated carbocycles. The van der Waals surface area contributed by atoms with Crippen LogP contribution in [0.3, 0.4) is 0 Å². The summed E-state index contributed by atoms with van der Waals surface area (Å²) >= 11 is 0. The summed E-state index contributed by atoms with van der Waals surface area (Å²) in [6.07, 6.45) is 6.00. The van der Waals surface area contributed by atoms with Gasteiger partial charge in [0.05, 0.1) is 6.10 Å². The molecule has 0 aromatic carbocycles. The third-order valence-corrected chi connectivity index (χ3v) is 4.41. The molecule has 3 atom stereocenters. The Kier molecular flexibility index (Phi) is 4.22. The molecule has 0 aromatic rings. The second-order valence-electron chi connectivity index (χ2n) is 5.75. The Morgan fingerprint density at radius 1 is 1.25 bits per heavy atom. The Hall–Kier alpha value is -0.120. The summed E-state index contributed by atoms with van der Waals surface area (Å²) in [5.74, 6) is 0.582.